The monoisotopic (exact) mass is 407 g/mol. The van der Waals surface area contributed by atoms with Crippen molar-refractivity contribution in [3.63, 3.8) is 0 Å². The number of nitrogens with one attached hydrogen (secondary N) is 1. The van der Waals surface area contributed by atoms with Crippen LogP contribution in [0.25, 0.3) is 0 Å². The molecule has 2 aromatic rings. The Bertz CT molecular complexity index is 694. The van der Waals surface area contributed by atoms with E-state index in [1.165, 1.54) is 0 Å². The van der Waals surface area contributed by atoms with Gasteiger partial charge in [-0.1, -0.05) is 46.9 Å². The number of rotatable bonds is 4. The van der Waals surface area contributed by atoms with Crippen LogP contribution in [0.3, 0.4) is 0 Å². The molecule has 7 heteroatoms. The van der Waals surface area contributed by atoms with Crippen molar-refractivity contribution in [1.82, 2.24) is 0 Å². The first kappa shape index (κ1) is 16.4. The van der Waals surface area contributed by atoms with Gasteiger partial charge in [0.05, 0.1) is 15.1 Å². The Morgan fingerprint density at radius 3 is 2.48 bits per heavy atom. The molecule has 1 unspecified atom stereocenters. The molecule has 0 aliphatic heterocycles. The van der Waals surface area contributed by atoms with E-state index in [9.17, 15) is 9.90 Å². The van der Waals surface area contributed by atoms with Crippen molar-refractivity contribution in [3.05, 3.63) is 61.5 Å². The Kier molecular flexibility index (Phi) is 5.38. The van der Waals surface area contributed by atoms with Crippen LogP contribution < -0.4 is 5.32 Å². The molecule has 1 atom stereocenters. The molecule has 0 heterocycles. The maximum absolute atomic E-state index is 11.5. The number of hydrogen-bond donors (Lipinski definition) is 2. The van der Waals surface area contributed by atoms with E-state index >= 15 is 0 Å². The molecule has 2 N–H and O–H groups in total. The zero-order valence-corrected chi connectivity index (χ0v) is 14.3. The summed E-state index contributed by atoms with van der Waals surface area (Å²) in [5, 5.41) is 13.4. The Labute approximate surface area is 145 Å². The topological polar surface area (TPSA) is 49.3 Å². The Hall–Kier alpha value is -0.940. The molecule has 110 valence electrons. The molecule has 0 amide bonds. The number of carbonyl (C=O) groups is 1. The van der Waals surface area contributed by atoms with Crippen LogP contribution in [0.1, 0.15) is 11.6 Å². The molecule has 0 saturated heterocycles. The SMILES string of the molecule is O=C(O)C(Nc1ccc(Cl)c(Br)c1)c1cccc(Cl)c1Cl. The third-order valence-electron chi connectivity index (χ3n) is 2.77. The fourth-order valence-electron chi connectivity index (χ4n) is 1.77. The lowest BCUT2D eigenvalue weighted by Gasteiger charge is -2.18. The Morgan fingerprint density at radius 2 is 1.86 bits per heavy atom. The van der Waals surface area contributed by atoms with Crippen LogP contribution in [0.15, 0.2) is 40.9 Å². The van der Waals surface area contributed by atoms with Crippen molar-refractivity contribution >= 4 is 62.4 Å². The van der Waals surface area contributed by atoms with Crippen molar-refractivity contribution in [2.45, 2.75) is 6.04 Å². The molecular weight excluding hydrogens is 400 g/mol. The van der Waals surface area contributed by atoms with E-state index in [1.54, 1.807) is 36.4 Å². The van der Waals surface area contributed by atoms with E-state index in [4.69, 9.17) is 34.8 Å². The van der Waals surface area contributed by atoms with Gasteiger partial charge in [0, 0.05) is 15.7 Å². The van der Waals surface area contributed by atoms with Crippen LogP contribution in [0.4, 0.5) is 5.69 Å². The number of hydrogen-bond acceptors (Lipinski definition) is 2. The third kappa shape index (κ3) is 3.83. The summed E-state index contributed by atoms with van der Waals surface area (Å²) < 4.78 is 0.662. The molecule has 0 radical (unpaired) electrons. The average Bonchev–Trinajstić information content (AvgIpc) is 2.43. The van der Waals surface area contributed by atoms with Gasteiger partial charge in [-0.2, -0.15) is 0 Å². The van der Waals surface area contributed by atoms with E-state index in [1.807, 2.05) is 0 Å². The van der Waals surface area contributed by atoms with Crippen LogP contribution >= 0.6 is 50.7 Å². The zero-order chi connectivity index (χ0) is 15.6. The van der Waals surface area contributed by atoms with Gasteiger partial charge in [0.15, 0.2) is 6.04 Å². The first-order valence-electron chi connectivity index (χ1n) is 5.78. The van der Waals surface area contributed by atoms with Gasteiger partial charge in [0.2, 0.25) is 0 Å². The maximum Gasteiger partial charge on any atom is 0.330 e. The summed E-state index contributed by atoms with van der Waals surface area (Å²) in [6, 6.07) is 8.88. The molecule has 0 aliphatic rings. The number of halogens is 4. The fraction of sp³-hybridized carbons (Fsp3) is 0.0714. The van der Waals surface area contributed by atoms with Gasteiger partial charge in [0.25, 0.3) is 0 Å². The summed E-state index contributed by atoms with van der Waals surface area (Å²) in [7, 11) is 0. The molecule has 2 aromatic carbocycles. The molecule has 0 aliphatic carbocycles. The van der Waals surface area contributed by atoms with Crippen molar-refractivity contribution in [2.24, 2.45) is 0 Å². The summed E-state index contributed by atoms with van der Waals surface area (Å²) in [4.78, 5) is 11.5. The standard InChI is InChI=1S/C14H9BrCl3NO2/c15-9-6-7(4-5-10(9)16)19-13(14(20)21)8-2-1-3-11(17)12(8)18/h1-6,13,19H,(H,20,21). The van der Waals surface area contributed by atoms with Crippen LogP contribution in [-0.2, 0) is 4.79 Å². The summed E-state index contributed by atoms with van der Waals surface area (Å²) >= 11 is 21.2. The lowest BCUT2D eigenvalue weighted by atomic mass is 10.1. The van der Waals surface area contributed by atoms with Gasteiger partial charge in [-0.05, 0) is 40.2 Å². The minimum absolute atomic E-state index is 0.215. The molecule has 0 fully saturated rings. The van der Waals surface area contributed by atoms with Gasteiger partial charge >= 0.3 is 5.97 Å². The predicted molar refractivity (Wildman–Crippen MR) is 89.6 cm³/mol. The third-order valence-corrected chi connectivity index (χ3v) is 4.82. The molecule has 3 nitrogen and oxygen atoms in total. The molecular formula is C14H9BrCl3NO2. The molecule has 0 saturated carbocycles. The summed E-state index contributed by atoms with van der Waals surface area (Å²) in [5.74, 6) is -1.06. The van der Waals surface area contributed by atoms with Crippen molar-refractivity contribution in [3.8, 4) is 0 Å². The van der Waals surface area contributed by atoms with Gasteiger partial charge in [-0.3, -0.25) is 0 Å². The van der Waals surface area contributed by atoms with E-state index in [0.29, 0.717) is 25.8 Å². The Balaban J connectivity index is 2.38. The summed E-state index contributed by atoms with van der Waals surface area (Å²) in [6.07, 6.45) is 0. The predicted octanol–water partition coefficient (Wildman–Crippen LogP) is 5.65. The highest BCUT2D eigenvalue weighted by atomic mass is 79.9. The van der Waals surface area contributed by atoms with Gasteiger partial charge in [-0.15, -0.1) is 0 Å². The second kappa shape index (κ2) is 6.88. The Morgan fingerprint density at radius 1 is 1.14 bits per heavy atom. The minimum atomic E-state index is -1.06. The number of carboxylic acid groups (broad SMARTS) is 1. The average molecular weight is 409 g/mol. The van der Waals surface area contributed by atoms with Crippen LogP contribution in [-0.4, -0.2) is 11.1 Å². The highest BCUT2D eigenvalue weighted by Gasteiger charge is 2.23. The highest BCUT2D eigenvalue weighted by molar-refractivity contribution is 9.10. The molecule has 0 bridgehead atoms. The normalized spacial score (nSPS) is 12.0. The van der Waals surface area contributed by atoms with E-state index in [0.717, 1.165) is 0 Å². The second-order valence-corrected chi connectivity index (χ2v) is 6.23. The second-order valence-electron chi connectivity index (χ2n) is 4.19. The number of benzene rings is 2. The van der Waals surface area contributed by atoms with Crippen molar-refractivity contribution in [1.29, 1.82) is 0 Å². The maximum atomic E-state index is 11.5. The summed E-state index contributed by atoms with van der Waals surface area (Å²) in [5.41, 5.74) is 0.984. The fourth-order valence-corrected chi connectivity index (χ4v) is 2.68. The van der Waals surface area contributed by atoms with Crippen molar-refractivity contribution in [2.75, 3.05) is 5.32 Å². The van der Waals surface area contributed by atoms with E-state index < -0.39 is 12.0 Å². The zero-order valence-electron chi connectivity index (χ0n) is 10.4. The molecule has 0 aromatic heterocycles. The van der Waals surface area contributed by atoms with Gasteiger partial charge < -0.3 is 10.4 Å². The lowest BCUT2D eigenvalue weighted by Crippen LogP contribution is -2.21. The highest BCUT2D eigenvalue weighted by Crippen LogP contribution is 2.33. The smallest absolute Gasteiger partial charge is 0.330 e. The number of aliphatic carboxylic acids is 1. The first-order chi connectivity index (χ1) is 9.90. The largest absolute Gasteiger partial charge is 0.479 e. The number of carboxylic acids is 1. The quantitative estimate of drug-likeness (QED) is 0.686. The van der Waals surface area contributed by atoms with Crippen molar-refractivity contribution < 1.29 is 9.90 Å². The number of anilines is 1. The minimum Gasteiger partial charge on any atom is -0.479 e. The van der Waals surface area contributed by atoms with Gasteiger partial charge in [-0.25, -0.2) is 4.79 Å². The molecule has 0 spiro atoms. The van der Waals surface area contributed by atoms with Crippen LogP contribution in [0.5, 0.6) is 0 Å². The van der Waals surface area contributed by atoms with E-state index in [-0.39, 0.29) is 5.02 Å². The first-order valence-corrected chi connectivity index (χ1v) is 7.71. The van der Waals surface area contributed by atoms with Crippen LogP contribution in [0.2, 0.25) is 15.1 Å². The lowest BCUT2D eigenvalue weighted by molar-refractivity contribution is -0.138. The van der Waals surface area contributed by atoms with E-state index in [2.05, 4.69) is 21.2 Å². The molecule has 2 rings (SSSR count). The van der Waals surface area contributed by atoms with Gasteiger partial charge in [0.1, 0.15) is 0 Å². The molecule has 21 heavy (non-hydrogen) atoms. The van der Waals surface area contributed by atoms with Crippen LogP contribution in [0, 0.1) is 0 Å². The summed E-state index contributed by atoms with van der Waals surface area (Å²) in [6.45, 7) is 0.